The van der Waals surface area contributed by atoms with Gasteiger partial charge in [0.05, 0.1) is 17.0 Å². The Hall–Kier alpha value is -2.83. The maximum atomic E-state index is 13.3. The van der Waals surface area contributed by atoms with E-state index in [-0.39, 0.29) is 34.7 Å². The highest BCUT2D eigenvalue weighted by Crippen LogP contribution is 2.55. The van der Waals surface area contributed by atoms with Crippen molar-refractivity contribution in [2.45, 2.75) is 44.4 Å². The Balaban J connectivity index is 1.51. The van der Waals surface area contributed by atoms with Crippen LogP contribution in [-0.4, -0.2) is 38.1 Å². The summed E-state index contributed by atoms with van der Waals surface area (Å²) in [5.41, 5.74) is 2.19. The Labute approximate surface area is 187 Å². The standard InChI is InChI=1S/C23H25N5O3S/c1-22(2)11-17-20(18(29)12-22)23(16-14-25-27-21(16)26-17)7-9-28(10-8-23)32(30,31)19-6-4-3-5-15(19)13-24/h3-6,26H,7-12,14H2,1-2H3. The summed E-state index contributed by atoms with van der Waals surface area (Å²) < 4.78 is 28.1. The molecule has 1 N–H and O–H groups in total. The molecule has 0 radical (unpaired) electrons. The van der Waals surface area contributed by atoms with Gasteiger partial charge in [0.15, 0.2) is 11.6 Å². The third-order valence-electron chi connectivity index (χ3n) is 7.09. The first-order valence-corrected chi connectivity index (χ1v) is 12.3. The van der Waals surface area contributed by atoms with Crippen molar-refractivity contribution in [2.24, 2.45) is 21.1 Å². The highest BCUT2D eigenvalue weighted by molar-refractivity contribution is 7.89. The molecule has 1 saturated heterocycles. The first-order chi connectivity index (χ1) is 15.2. The zero-order valence-electron chi connectivity index (χ0n) is 18.2. The van der Waals surface area contributed by atoms with Gasteiger partial charge in [-0.15, -0.1) is 5.11 Å². The Morgan fingerprint density at radius 2 is 1.88 bits per heavy atom. The number of carbonyl (C=O) groups is 1. The van der Waals surface area contributed by atoms with Crippen LogP contribution >= 0.6 is 0 Å². The average molecular weight is 452 g/mol. The Morgan fingerprint density at radius 3 is 2.59 bits per heavy atom. The number of nitrogens with zero attached hydrogens (tertiary/aromatic N) is 4. The maximum Gasteiger partial charge on any atom is 0.244 e. The fraction of sp³-hybridized carbons (Fsp3) is 0.478. The topological polar surface area (TPSA) is 115 Å². The molecule has 0 amide bonds. The van der Waals surface area contributed by atoms with Crippen molar-refractivity contribution in [3.8, 4) is 6.07 Å². The predicted molar refractivity (Wildman–Crippen MR) is 117 cm³/mol. The second-order valence-corrected chi connectivity index (χ2v) is 11.6. The lowest BCUT2D eigenvalue weighted by molar-refractivity contribution is -0.119. The lowest BCUT2D eigenvalue weighted by Gasteiger charge is -2.48. The van der Waals surface area contributed by atoms with Gasteiger partial charge in [-0.2, -0.15) is 14.7 Å². The predicted octanol–water partition coefficient (Wildman–Crippen LogP) is 3.25. The largest absolute Gasteiger partial charge is 0.342 e. The van der Waals surface area contributed by atoms with Gasteiger partial charge < -0.3 is 5.32 Å². The first-order valence-electron chi connectivity index (χ1n) is 10.8. The van der Waals surface area contributed by atoms with E-state index >= 15 is 0 Å². The van der Waals surface area contributed by atoms with Crippen LogP contribution < -0.4 is 5.32 Å². The second kappa shape index (κ2) is 7.09. The molecule has 0 aromatic heterocycles. The Kier molecular flexibility index (Phi) is 4.66. The molecule has 166 valence electrons. The smallest absolute Gasteiger partial charge is 0.244 e. The van der Waals surface area contributed by atoms with Gasteiger partial charge in [-0.25, -0.2) is 8.42 Å². The van der Waals surface area contributed by atoms with Gasteiger partial charge >= 0.3 is 0 Å². The monoisotopic (exact) mass is 451 g/mol. The SMILES string of the molecule is CC1(C)CC(=O)C2=C(C1)NC1=C(CN=N1)C21CCN(S(=O)(=O)c2ccccc2C#N)CC1. The molecule has 0 saturated carbocycles. The number of rotatable bonds is 2. The van der Waals surface area contributed by atoms with Gasteiger partial charge in [0.2, 0.25) is 10.0 Å². The lowest BCUT2D eigenvalue weighted by Crippen LogP contribution is -2.50. The zero-order chi connectivity index (χ0) is 22.7. The van der Waals surface area contributed by atoms with Crippen molar-refractivity contribution >= 4 is 15.8 Å². The van der Waals surface area contributed by atoms with Crippen LogP contribution in [-0.2, 0) is 14.8 Å². The molecule has 0 bridgehead atoms. The lowest BCUT2D eigenvalue weighted by atomic mass is 9.60. The molecule has 5 rings (SSSR count). The van der Waals surface area contributed by atoms with Gasteiger partial charge in [-0.1, -0.05) is 26.0 Å². The fourth-order valence-electron chi connectivity index (χ4n) is 5.65. The van der Waals surface area contributed by atoms with Crippen LogP contribution in [0.4, 0.5) is 0 Å². The van der Waals surface area contributed by atoms with Crippen molar-refractivity contribution in [3.63, 3.8) is 0 Å². The van der Waals surface area contributed by atoms with Gasteiger partial charge in [0.25, 0.3) is 0 Å². The molecule has 4 aliphatic rings. The summed E-state index contributed by atoms with van der Waals surface area (Å²) in [6, 6.07) is 8.26. The molecule has 1 fully saturated rings. The highest BCUT2D eigenvalue weighted by Gasteiger charge is 2.53. The average Bonchev–Trinajstić information content (AvgIpc) is 3.22. The number of Topliss-reactive ketones (excluding diaryl/α,β-unsaturated/α-hetero) is 1. The third-order valence-corrected chi connectivity index (χ3v) is 9.04. The van der Waals surface area contributed by atoms with Crippen LogP contribution in [0.25, 0.3) is 0 Å². The van der Waals surface area contributed by atoms with Gasteiger partial charge in [0.1, 0.15) is 6.07 Å². The molecule has 1 aromatic rings. The van der Waals surface area contributed by atoms with E-state index in [0.717, 1.165) is 29.1 Å². The molecule has 0 unspecified atom stereocenters. The molecular weight excluding hydrogens is 426 g/mol. The number of fused-ring (bicyclic) bond motifs is 2. The summed E-state index contributed by atoms with van der Waals surface area (Å²) in [4.78, 5) is 13.4. The summed E-state index contributed by atoms with van der Waals surface area (Å²) in [6.07, 6.45) is 2.22. The number of carbonyl (C=O) groups excluding carboxylic acids is 1. The van der Waals surface area contributed by atoms with Crippen LogP contribution in [0, 0.1) is 22.2 Å². The molecule has 3 aliphatic heterocycles. The number of dihydropyridines is 1. The number of nitriles is 1. The number of azo groups is 1. The third kappa shape index (κ3) is 3.05. The van der Waals surface area contributed by atoms with Crippen molar-refractivity contribution in [1.82, 2.24) is 9.62 Å². The number of piperidine rings is 1. The number of benzene rings is 1. The summed E-state index contributed by atoms with van der Waals surface area (Å²) >= 11 is 0. The first kappa shape index (κ1) is 21.0. The molecule has 9 heteroatoms. The normalized spacial score (nSPS) is 24.2. The number of hydrogen-bond donors (Lipinski definition) is 1. The highest BCUT2D eigenvalue weighted by atomic mass is 32.2. The van der Waals surface area contributed by atoms with Crippen LogP contribution in [0.3, 0.4) is 0 Å². The molecule has 1 spiro atoms. The summed E-state index contributed by atoms with van der Waals surface area (Å²) in [7, 11) is -3.81. The van der Waals surface area contributed by atoms with Crippen molar-refractivity contribution in [2.75, 3.05) is 19.6 Å². The molecule has 8 nitrogen and oxygen atoms in total. The number of sulfonamides is 1. The zero-order valence-corrected chi connectivity index (χ0v) is 19.0. The van der Waals surface area contributed by atoms with Crippen molar-refractivity contribution in [3.05, 3.63) is 52.5 Å². The second-order valence-electron chi connectivity index (χ2n) is 9.74. The number of nitrogens with one attached hydrogen (secondary N) is 1. The van der Waals surface area contributed by atoms with E-state index in [1.807, 2.05) is 6.07 Å². The Bertz CT molecular complexity index is 1260. The molecular formula is C23H25N5O3S. The van der Waals surface area contributed by atoms with Crippen LogP contribution in [0.5, 0.6) is 0 Å². The number of ketones is 1. The number of hydrogen-bond acceptors (Lipinski definition) is 7. The molecule has 0 atom stereocenters. The molecule has 1 aromatic carbocycles. The summed E-state index contributed by atoms with van der Waals surface area (Å²) in [6.45, 7) is 5.15. The van der Waals surface area contributed by atoms with E-state index in [1.165, 1.54) is 16.4 Å². The van der Waals surface area contributed by atoms with E-state index in [1.54, 1.807) is 12.1 Å². The van der Waals surface area contributed by atoms with Crippen LogP contribution in [0.2, 0.25) is 0 Å². The van der Waals surface area contributed by atoms with Crippen molar-refractivity contribution in [1.29, 1.82) is 5.26 Å². The Morgan fingerprint density at radius 1 is 1.16 bits per heavy atom. The van der Waals surface area contributed by atoms with Gasteiger partial charge in [0, 0.05) is 41.8 Å². The van der Waals surface area contributed by atoms with E-state index < -0.39 is 15.4 Å². The summed E-state index contributed by atoms with van der Waals surface area (Å²) in [5.74, 6) is 0.855. The van der Waals surface area contributed by atoms with Crippen LogP contribution in [0.1, 0.15) is 45.1 Å². The fourth-order valence-corrected chi connectivity index (χ4v) is 7.23. The van der Waals surface area contributed by atoms with E-state index in [2.05, 4.69) is 29.4 Å². The van der Waals surface area contributed by atoms with E-state index in [4.69, 9.17) is 0 Å². The van der Waals surface area contributed by atoms with Crippen LogP contribution in [0.15, 0.2) is 62.1 Å². The van der Waals surface area contributed by atoms with E-state index in [9.17, 15) is 18.5 Å². The van der Waals surface area contributed by atoms with Gasteiger partial charge in [-0.3, -0.25) is 4.79 Å². The summed E-state index contributed by atoms with van der Waals surface area (Å²) in [5, 5.41) is 21.2. The minimum Gasteiger partial charge on any atom is -0.342 e. The quantitative estimate of drug-likeness (QED) is 0.741. The van der Waals surface area contributed by atoms with Crippen molar-refractivity contribution < 1.29 is 13.2 Å². The molecule has 3 heterocycles. The minimum atomic E-state index is -3.81. The molecule has 1 aliphatic carbocycles. The minimum absolute atomic E-state index is 0.0323. The number of allylic oxidation sites excluding steroid dienone is 2. The maximum absolute atomic E-state index is 13.3. The van der Waals surface area contributed by atoms with Gasteiger partial charge in [-0.05, 0) is 36.8 Å². The van der Waals surface area contributed by atoms with E-state index in [0.29, 0.717) is 25.8 Å². The molecule has 32 heavy (non-hydrogen) atoms.